The molecule has 1 heterocycles. The van der Waals surface area contributed by atoms with Gasteiger partial charge in [-0.2, -0.15) is 5.10 Å². The van der Waals surface area contributed by atoms with Crippen molar-refractivity contribution in [2.24, 2.45) is 12.1 Å². The van der Waals surface area contributed by atoms with Crippen molar-refractivity contribution < 1.29 is 0 Å². The van der Waals surface area contributed by atoms with Crippen molar-refractivity contribution in [3.8, 4) is 0 Å². The molecule has 98 valence electrons. The van der Waals surface area contributed by atoms with E-state index in [1.165, 1.54) is 0 Å². The summed E-state index contributed by atoms with van der Waals surface area (Å²) in [6.07, 6.45) is 3.65. The lowest BCUT2D eigenvalue weighted by Gasteiger charge is -2.06. The monoisotopic (exact) mass is 292 g/mol. The molecular weight excluding hydrogens is 280 g/mol. The quantitative estimate of drug-likeness (QED) is 0.519. The largest absolute Gasteiger partial charge is 0.350 e. The third-order valence-electron chi connectivity index (χ3n) is 2.45. The normalized spacial score (nSPS) is 10.6. The van der Waals surface area contributed by atoms with Crippen LogP contribution in [0, 0.1) is 0 Å². The first-order valence-corrected chi connectivity index (χ1v) is 6.41. The number of nitrogens with zero attached hydrogens (tertiary/aromatic N) is 2. The first-order valence-electron chi connectivity index (χ1n) is 5.62. The zero-order chi connectivity index (χ0) is 13.7. The molecule has 0 radical (unpaired) electrons. The highest BCUT2D eigenvalue weighted by molar-refractivity contribution is 7.80. The van der Waals surface area contributed by atoms with Gasteiger partial charge in [-0.1, -0.05) is 11.6 Å². The molecule has 6 heteroatoms. The van der Waals surface area contributed by atoms with E-state index in [4.69, 9.17) is 23.8 Å². The SMILES string of the molecule is Cn1cccc1/C=N/NC(=S)Nc1ccc(Cl)cc1. The van der Waals surface area contributed by atoms with Crippen LogP contribution in [0.3, 0.4) is 0 Å². The highest BCUT2D eigenvalue weighted by Gasteiger charge is 1.96. The van der Waals surface area contributed by atoms with Crippen LogP contribution in [0.25, 0.3) is 0 Å². The van der Waals surface area contributed by atoms with Crippen LogP contribution in [-0.2, 0) is 7.05 Å². The van der Waals surface area contributed by atoms with Crippen LogP contribution >= 0.6 is 23.8 Å². The molecular formula is C13H13ClN4S. The molecule has 0 spiro atoms. The summed E-state index contributed by atoms with van der Waals surface area (Å²) in [4.78, 5) is 0. The maximum absolute atomic E-state index is 5.80. The number of hydrogen-bond acceptors (Lipinski definition) is 2. The van der Waals surface area contributed by atoms with E-state index in [0.717, 1.165) is 11.4 Å². The van der Waals surface area contributed by atoms with Gasteiger partial charge < -0.3 is 9.88 Å². The van der Waals surface area contributed by atoms with E-state index in [1.54, 1.807) is 18.3 Å². The predicted octanol–water partition coefficient (Wildman–Crippen LogP) is 3.00. The van der Waals surface area contributed by atoms with Crippen molar-refractivity contribution in [1.29, 1.82) is 0 Å². The summed E-state index contributed by atoms with van der Waals surface area (Å²) >= 11 is 10.9. The first-order chi connectivity index (χ1) is 9.15. The van der Waals surface area contributed by atoms with Crippen molar-refractivity contribution in [2.45, 2.75) is 0 Å². The van der Waals surface area contributed by atoms with E-state index < -0.39 is 0 Å². The lowest BCUT2D eigenvalue weighted by atomic mass is 10.3. The number of rotatable bonds is 3. The molecule has 0 saturated carbocycles. The molecule has 0 saturated heterocycles. The molecule has 0 unspecified atom stereocenters. The summed E-state index contributed by atoms with van der Waals surface area (Å²) in [6, 6.07) is 11.2. The van der Waals surface area contributed by atoms with Gasteiger partial charge >= 0.3 is 0 Å². The van der Waals surface area contributed by atoms with Crippen LogP contribution in [0.15, 0.2) is 47.7 Å². The van der Waals surface area contributed by atoms with Crippen molar-refractivity contribution >= 4 is 40.8 Å². The molecule has 0 atom stereocenters. The summed E-state index contributed by atoms with van der Waals surface area (Å²) in [6.45, 7) is 0. The lowest BCUT2D eigenvalue weighted by molar-refractivity contribution is 0.914. The molecule has 2 rings (SSSR count). The number of halogens is 1. The van der Waals surface area contributed by atoms with Crippen molar-refractivity contribution in [1.82, 2.24) is 9.99 Å². The lowest BCUT2D eigenvalue weighted by Crippen LogP contribution is -2.23. The Labute approximate surface area is 122 Å². The molecule has 1 aromatic heterocycles. The minimum atomic E-state index is 0.424. The maximum Gasteiger partial charge on any atom is 0.191 e. The number of hydrogen-bond donors (Lipinski definition) is 2. The van der Waals surface area contributed by atoms with E-state index in [2.05, 4.69) is 15.8 Å². The highest BCUT2D eigenvalue weighted by Crippen LogP contribution is 2.13. The van der Waals surface area contributed by atoms with Crippen molar-refractivity contribution in [3.63, 3.8) is 0 Å². The number of aryl methyl sites for hydroxylation is 1. The zero-order valence-corrected chi connectivity index (χ0v) is 11.9. The molecule has 0 aliphatic rings. The van der Waals surface area contributed by atoms with Gasteiger partial charge in [0.25, 0.3) is 0 Å². The number of anilines is 1. The summed E-state index contributed by atoms with van der Waals surface area (Å²) in [5.41, 5.74) is 4.60. The van der Waals surface area contributed by atoms with Crippen molar-refractivity contribution in [2.75, 3.05) is 5.32 Å². The van der Waals surface area contributed by atoms with Crippen LogP contribution in [-0.4, -0.2) is 15.9 Å². The van der Waals surface area contributed by atoms with Gasteiger partial charge in [0.2, 0.25) is 0 Å². The Morgan fingerprint density at radius 2 is 2.05 bits per heavy atom. The van der Waals surface area contributed by atoms with Gasteiger partial charge in [0.15, 0.2) is 5.11 Å². The number of nitrogens with one attached hydrogen (secondary N) is 2. The van der Waals surface area contributed by atoms with E-state index in [9.17, 15) is 0 Å². The summed E-state index contributed by atoms with van der Waals surface area (Å²) in [5, 5.41) is 8.18. The van der Waals surface area contributed by atoms with Gasteiger partial charge in [0, 0.05) is 24.0 Å². The smallest absolute Gasteiger partial charge is 0.191 e. The Morgan fingerprint density at radius 1 is 1.32 bits per heavy atom. The van der Waals surface area contributed by atoms with E-state index >= 15 is 0 Å². The average molecular weight is 293 g/mol. The first kappa shape index (κ1) is 13.6. The topological polar surface area (TPSA) is 41.4 Å². The van der Waals surface area contributed by atoms with Crippen molar-refractivity contribution in [3.05, 3.63) is 53.3 Å². The second-order valence-electron chi connectivity index (χ2n) is 3.87. The fourth-order valence-electron chi connectivity index (χ4n) is 1.46. The van der Waals surface area contributed by atoms with Crippen LogP contribution in [0.1, 0.15) is 5.69 Å². The minimum Gasteiger partial charge on any atom is -0.350 e. The van der Waals surface area contributed by atoms with Gasteiger partial charge in [0.05, 0.1) is 11.9 Å². The Bertz CT molecular complexity index is 589. The Hall–Kier alpha value is -1.85. The summed E-state index contributed by atoms with van der Waals surface area (Å²) < 4.78 is 1.96. The highest BCUT2D eigenvalue weighted by atomic mass is 35.5. The minimum absolute atomic E-state index is 0.424. The summed E-state index contributed by atoms with van der Waals surface area (Å²) in [7, 11) is 1.95. The molecule has 2 N–H and O–H groups in total. The molecule has 0 bridgehead atoms. The molecule has 2 aromatic rings. The van der Waals surface area contributed by atoms with Gasteiger partial charge in [-0.05, 0) is 48.6 Å². The van der Waals surface area contributed by atoms with E-state index in [1.807, 2.05) is 42.1 Å². The molecule has 4 nitrogen and oxygen atoms in total. The Kier molecular flexibility index (Phi) is 4.54. The molecule has 0 aliphatic heterocycles. The van der Waals surface area contributed by atoms with Gasteiger partial charge in [-0.25, -0.2) is 0 Å². The molecule has 19 heavy (non-hydrogen) atoms. The third-order valence-corrected chi connectivity index (χ3v) is 2.89. The Balaban J connectivity index is 1.86. The van der Waals surface area contributed by atoms with E-state index in [-0.39, 0.29) is 0 Å². The van der Waals surface area contributed by atoms with Gasteiger partial charge in [-0.3, -0.25) is 5.43 Å². The fraction of sp³-hybridized carbons (Fsp3) is 0.0769. The van der Waals surface area contributed by atoms with Crippen LogP contribution < -0.4 is 10.7 Å². The Morgan fingerprint density at radius 3 is 2.68 bits per heavy atom. The van der Waals surface area contributed by atoms with Crippen LogP contribution in [0.2, 0.25) is 5.02 Å². The second kappa shape index (κ2) is 6.36. The molecule has 1 aromatic carbocycles. The average Bonchev–Trinajstić information content (AvgIpc) is 2.78. The molecule has 0 aliphatic carbocycles. The molecule has 0 fully saturated rings. The predicted molar refractivity (Wildman–Crippen MR) is 83.8 cm³/mol. The number of benzene rings is 1. The third kappa shape index (κ3) is 4.08. The van der Waals surface area contributed by atoms with Crippen LogP contribution in [0.5, 0.6) is 0 Å². The van der Waals surface area contributed by atoms with E-state index in [0.29, 0.717) is 10.1 Å². The number of aromatic nitrogens is 1. The second-order valence-corrected chi connectivity index (χ2v) is 4.72. The molecule has 0 amide bonds. The summed E-state index contributed by atoms with van der Waals surface area (Å²) in [5.74, 6) is 0. The van der Waals surface area contributed by atoms with Gasteiger partial charge in [0.1, 0.15) is 0 Å². The van der Waals surface area contributed by atoms with Gasteiger partial charge in [-0.15, -0.1) is 0 Å². The van der Waals surface area contributed by atoms with Crippen LogP contribution in [0.4, 0.5) is 5.69 Å². The maximum atomic E-state index is 5.80. The zero-order valence-electron chi connectivity index (χ0n) is 10.3. The number of hydrazone groups is 1. The fourth-order valence-corrected chi connectivity index (χ4v) is 1.75. The standard InChI is InChI=1S/C13H13ClN4S/c1-18-8-2-3-12(18)9-15-17-13(19)16-11-6-4-10(14)5-7-11/h2-9H,1H3,(H2,16,17,19)/b15-9+. The number of thiocarbonyl (C=S) groups is 1.